The fourth-order valence-corrected chi connectivity index (χ4v) is 0.258. The van der Waals surface area contributed by atoms with E-state index in [1.807, 2.05) is 0 Å². The lowest BCUT2D eigenvalue weighted by atomic mass is 10.2. The van der Waals surface area contributed by atoms with Crippen LogP contribution in [0, 0.1) is 11.3 Å². The van der Waals surface area contributed by atoms with Crippen LogP contribution in [-0.4, -0.2) is 22.2 Å². The molecule has 0 aromatic rings. The highest BCUT2D eigenvalue weighted by Crippen LogP contribution is 1.95. The van der Waals surface area contributed by atoms with Crippen molar-refractivity contribution in [3.05, 3.63) is 24.8 Å². The second-order valence-corrected chi connectivity index (χ2v) is 1.81. The number of allylic oxidation sites excluding steroid dienone is 1. The Bertz CT molecular complexity index is 268. The van der Waals surface area contributed by atoms with Crippen LogP contribution in [0.25, 0.3) is 0 Å². The third-order valence-corrected chi connectivity index (χ3v) is 0.758. The van der Waals surface area contributed by atoms with Crippen molar-refractivity contribution >= 4 is 11.9 Å². The normalized spacial score (nSPS) is 6.07. The molecular formula is C8H15N3O4. The van der Waals surface area contributed by atoms with E-state index in [1.165, 1.54) is 6.08 Å². The Kier molecular flexibility index (Phi) is 22.0. The largest absolute Gasteiger partial charge is 0.481 e. The zero-order valence-electron chi connectivity index (χ0n) is 8.27. The van der Waals surface area contributed by atoms with Crippen molar-refractivity contribution in [1.29, 1.82) is 5.26 Å². The molecule has 0 aromatic carbocycles. The molecule has 86 valence electrons. The molecule has 0 fully saturated rings. The van der Waals surface area contributed by atoms with Crippen LogP contribution in [0.4, 0.5) is 0 Å². The van der Waals surface area contributed by atoms with Gasteiger partial charge < -0.3 is 22.5 Å². The minimum absolute atomic E-state index is 0. The lowest BCUT2D eigenvalue weighted by Crippen LogP contribution is -2.04. The maximum atomic E-state index is 9.87. The van der Waals surface area contributed by atoms with Gasteiger partial charge in [0.05, 0.1) is 12.5 Å². The summed E-state index contributed by atoms with van der Waals surface area (Å²) >= 11 is 0. The highest BCUT2D eigenvalue weighted by atomic mass is 16.4. The van der Waals surface area contributed by atoms with Gasteiger partial charge >= 0.3 is 11.9 Å². The standard InChI is InChI=1S/C5H6O4.C3H3N.2H3N/c1-3(5(8)9)2-4(6)7;1-2-3-4;;/h1-2H2,(H,6,7)(H,8,9);2H,1H2;2*1H3. The molecule has 7 nitrogen and oxygen atoms in total. The molecule has 0 amide bonds. The Hall–Kier alpha value is -2.17. The van der Waals surface area contributed by atoms with Gasteiger partial charge in [0.25, 0.3) is 0 Å². The number of hydrogen-bond acceptors (Lipinski definition) is 5. The van der Waals surface area contributed by atoms with Gasteiger partial charge in [0.2, 0.25) is 0 Å². The summed E-state index contributed by atoms with van der Waals surface area (Å²) in [7, 11) is 0. The van der Waals surface area contributed by atoms with Gasteiger partial charge in [-0.05, 0) is 0 Å². The van der Waals surface area contributed by atoms with Crippen molar-refractivity contribution in [2.45, 2.75) is 6.42 Å². The zero-order valence-corrected chi connectivity index (χ0v) is 8.27. The first-order valence-electron chi connectivity index (χ1n) is 3.09. The van der Waals surface area contributed by atoms with Crippen molar-refractivity contribution in [2.24, 2.45) is 0 Å². The van der Waals surface area contributed by atoms with E-state index in [1.54, 1.807) is 6.07 Å². The number of aliphatic carboxylic acids is 2. The maximum Gasteiger partial charge on any atom is 0.331 e. The number of hydrogen-bond donors (Lipinski definition) is 4. The quantitative estimate of drug-likeness (QED) is 0.405. The van der Waals surface area contributed by atoms with Crippen molar-refractivity contribution in [1.82, 2.24) is 12.3 Å². The molecular weight excluding hydrogens is 202 g/mol. The molecule has 0 aromatic heterocycles. The van der Waals surface area contributed by atoms with Crippen LogP contribution in [0.2, 0.25) is 0 Å². The highest BCUT2D eigenvalue weighted by molar-refractivity contribution is 5.91. The van der Waals surface area contributed by atoms with Crippen molar-refractivity contribution < 1.29 is 19.8 Å². The van der Waals surface area contributed by atoms with E-state index in [2.05, 4.69) is 13.2 Å². The Morgan fingerprint density at radius 1 is 1.33 bits per heavy atom. The van der Waals surface area contributed by atoms with Crippen molar-refractivity contribution in [3.8, 4) is 6.07 Å². The highest BCUT2D eigenvalue weighted by Gasteiger charge is 2.07. The van der Waals surface area contributed by atoms with Gasteiger partial charge in [0, 0.05) is 11.6 Å². The van der Waals surface area contributed by atoms with E-state index < -0.39 is 18.4 Å². The van der Waals surface area contributed by atoms with Crippen LogP contribution < -0.4 is 12.3 Å². The lowest BCUT2D eigenvalue weighted by molar-refractivity contribution is -0.139. The molecule has 7 heteroatoms. The Balaban J connectivity index is -0.0000000883. The Morgan fingerprint density at radius 2 is 1.67 bits per heavy atom. The molecule has 8 N–H and O–H groups in total. The topological polar surface area (TPSA) is 168 Å². The first-order chi connectivity index (χ1) is 5.95. The number of rotatable bonds is 3. The van der Waals surface area contributed by atoms with Crippen molar-refractivity contribution in [3.63, 3.8) is 0 Å². The second kappa shape index (κ2) is 14.4. The van der Waals surface area contributed by atoms with Gasteiger partial charge in [-0.3, -0.25) is 4.79 Å². The molecule has 0 atom stereocenters. The van der Waals surface area contributed by atoms with Crippen LogP contribution in [-0.2, 0) is 9.59 Å². The van der Waals surface area contributed by atoms with Crippen LogP contribution in [0.5, 0.6) is 0 Å². The summed E-state index contributed by atoms with van der Waals surface area (Å²) < 4.78 is 0. The van der Waals surface area contributed by atoms with Gasteiger partial charge in [-0.15, -0.1) is 0 Å². The SMILES string of the molecule is C=C(CC(=O)O)C(=O)O.C=CC#N.N.N. The Labute approximate surface area is 87.5 Å². The summed E-state index contributed by atoms with van der Waals surface area (Å²) in [6.07, 6.45) is 0.676. The monoisotopic (exact) mass is 217 g/mol. The summed E-state index contributed by atoms with van der Waals surface area (Å²) in [5.74, 6) is -2.44. The predicted molar refractivity (Wildman–Crippen MR) is 54.9 cm³/mol. The lowest BCUT2D eigenvalue weighted by Gasteiger charge is -1.91. The molecule has 0 aliphatic carbocycles. The predicted octanol–water partition coefficient (Wildman–Crippen LogP) is 1.12. The molecule has 0 aliphatic heterocycles. The molecule has 0 aliphatic rings. The summed E-state index contributed by atoms with van der Waals surface area (Å²) in [5.41, 5.74) is -0.303. The van der Waals surface area contributed by atoms with Gasteiger partial charge in [-0.1, -0.05) is 13.2 Å². The van der Waals surface area contributed by atoms with E-state index in [4.69, 9.17) is 15.5 Å². The molecule has 0 rings (SSSR count). The third kappa shape index (κ3) is 24.5. The van der Waals surface area contributed by atoms with Crippen LogP contribution in [0.3, 0.4) is 0 Å². The van der Waals surface area contributed by atoms with Crippen LogP contribution in [0.1, 0.15) is 6.42 Å². The molecule has 0 unspecified atom stereocenters. The molecule has 0 radical (unpaired) electrons. The average molecular weight is 217 g/mol. The molecule has 0 saturated heterocycles. The third-order valence-electron chi connectivity index (χ3n) is 0.758. The van der Waals surface area contributed by atoms with Gasteiger partial charge in [-0.25, -0.2) is 4.79 Å². The summed E-state index contributed by atoms with van der Waals surface area (Å²) in [6.45, 7) is 6.13. The summed E-state index contributed by atoms with van der Waals surface area (Å²) in [4.78, 5) is 19.7. The fourth-order valence-electron chi connectivity index (χ4n) is 0.258. The zero-order chi connectivity index (χ0) is 10.9. The number of nitrogens with zero attached hydrogens (tertiary/aromatic N) is 1. The van der Waals surface area contributed by atoms with E-state index in [0.29, 0.717) is 0 Å². The van der Waals surface area contributed by atoms with Gasteiger partial charge in [0.15, 0.2) is 0 Å². The fraction of sp³-hybridized carbons (Fsp3) is 0.125. The summed E-state index contributed by atoms with van der Waals surface area (Å²) in [6, 6.07) is 1.69. The smallest absolute Gasteiger partial charge is 0.331 e. The van der Waals surface area contributed by atoms with Crippen molar-refractivity contribution in [2.75, 3.05) is 0 Å². The average Bonchev–Trinajstić information content (AvgIpc) is 2.03. The Morgan fingerprint density at radius 3 is 1.73 bits per heavy atom. The van der Waals surface area contributed by atoms with Gasteiger partial charge in [-0.2, -0.15) is 5.26 Å². The molecule has 15 heavy (non-hydrogen) atoms. The number of nitriles is 1. The molecule has 0 spiro atoms. The van der Waals surface area contributed by atoms with Crippen LogP contribution in [0.15, 0.2) is 24.8 Å². The first-order valence-corrected chi connectivity index (χ1v) is 3.09. The van der Waals surface area contributed by atoms with E-state index in [0.717, 1.165) is 0 Å². The van der Waals surface area contributed by atoms with Crippen LogP contribution >= 0.6 is 0 Å². The maximum absolute atomic E-state index is 9.87. The molecule has 0 bridgehead atoms. The minimum atomic E-state index is -1.27. The second-order valence-electron chi connectivity index (χ2n) is 1.81. The van der Waals surface area contributed by atoms with E-state index >= 15 is 0 Å². The molecule has 0 heterocycles. The van der Waals surface area contributed by atoms with Gasteiger partial charge in [0.1, 0.15) is 0 Å². The number of carboxylic acids is 2. The number of carboxylic acid groups (broad SMARTS) is 2. The number of carbonyl (C=O) groups is 2. The first kappa shape index (κ1) is 23.0. The molecule has 0 saturated carbocycles. The minimum Gasteiger partial charge on any atom is -0.481 e. The van der Waals surface area contributed by atoms with E-state index in [9.17, 15) is 9.59 Å². The summed E-state index contributed by atoms with van der Waals surface area (Å²) in [5, 5.41) is 23.6. The van der Waals surface area contributed by atoms with E-state index in [-0.39, 0.29) is 17.9 Å².